The van der Waals surface area contributed by atoms with Crippen LogP contribution in [0.5, 0.6) is 17.2 Å². The molecule has 0 aliphatic heterocycles. The maximum absolute atomic E-state index is 9.97. The topological polar surface area (TPSA) is 135 Å². The van der Waals surface area contributed by atoms with Gasteiger partial charge in [0.25, 0.3) is 0 Å². The summed E-state index contributed by atoms with van der Waals surface area (Å²) in [5.74, 6) is 0.809. The molecule has 10 heteroatoms. The molecule has 0 bridgehead atoms. The van der Waals surface area contributed by atoms with E-state index in [4.69, 9.17) is 16.6 Å². The maximum atomic E-state index is 9.97. The SMILES string of the molecule is CCC(CO[I-]CCC(CO[I-]C(COC)c1ccc(O)cc1)c1ccc(O)cc1C)c1ccc(O)c(C(N)O)c1. The first-order chi connectivity index (χ1) is 19.7. The van der Waals surface area contributed by atoms with Crippen molar-refractivity contribution in [2.24, 2.45) is 5.73 Å². The van der Waals surface area contributed by atoms with Crippen LogP contribution in [0.3, 0.4) is 0 Å². The quantitative estimate of drug-likeness (QED) is 0.0518. The van der Waals surface area contributed by atoms with Gasteiger partial charge in [-0.25, -0.2) is 0 Å². The first-order valence-corrected chi connectivity index (χ1v) is 18.1. The first-order valence-electron chi connectivity index (χ1n) is 13.5. The number of aromatic hydroxyl groups is 3. The van der Waals surface area contributed by atoms with Gasteiger partial charge in [0.1, 0.15) is 0 Å². The summed E-state index contributed by atoms with van der Waals surface area (Å²) in [6, 6.07) is 17.9. The average molecular weight is 793 g/mol. The number of phenolic OH excluding ortho intramolecular Hbond substituents is 3. The number of phenols is 3. The monoisotopic (exact) mass is 793 g/mol. The molecule has 0 aliphatic carbocycles. The number of rotatable bonds is 17. The Kier molecular flexibility index (Phi) is 14.4. The van der Waals surface area contributed by atoms with Crippen LogP contribution in [0, 0.1) is 6.92 Å². The zero-order valence-corrected chi connectivity index (χ0v) is 28.0. The number of aliphatic hydroxyl groups is 1. The number of aryl methyl sites for hydroxylation is 1. The fourth-order valence-corrected chi connectivity index (χ4v) is 8.80. The summed E-state index contributed by atoms with van der Waals surface area (Å²) >= 11 is -1.18. The molecule has 3 rings (SSSR count). The van der Waals surface area contributed by atoms with Gasteiger partial charge in [0.2, 0.25) is 0 Å². The van der Waals surface area contributed by atoms with Gasteiger partial charge in [0.05, 0.1) is 0 Å². The molecule has 41 heavy (non-hydrogen) atoms. The van der Waals surface area contributed by atoms with Crippen molar-refractivity contribution >= 4 is 0 Å². The molecule has 0 fully saturated rings. The van der Waals surface area contributed by atoms with E-state index >= 15 is 0 Å². The van der Waals surface area contributed by atoms with Gasteiger partial charge in [-0.3, -0.25) is 0 Å². The Morgan fingerprint density at radius 3 is 2.15 bits per heavy atom. The normalized spacial score (nSPS) is 14.7. The predicted octanol–water partition coefficient (Wildman–Crippen LogP) is -0.842. The summed E-state index contributed by atoms with van der Waals surface area (Å²) < 4.78 is 19.1. The molecule has 4 atom stereocenters. The van der Waals surface area contributed by atoms with Gasteiger partial charge in [-0.2, -0.15) is 0 Å². The Bertz CT molecular complexity index is 1210. The molecule has 0 radical (unpaired) electrons. The number of benzene rings is 3. The van der Waals surface area contributed by atoms with Crippen molar-refractivity contribution in [2.75, 3.05) is 31.4 Å². The third-order valence-corrected chi connectivity index (χ3v) is 11.2. The van der Waals surface area contributed by atoms with Crippen molar-refractivity contribution in [1.82, 2.24) is 0 Å². The number of hydrogen-bond acceptors (Lipinski definition) is 8. The van der Waals surface area contributed by atoms with Gasteiger partial charge in [0.15, 0.2) is 0 Å². The van der Waals surface area contributed by atoms with Gasteiger partial charge >= 0.3 is 266 Å². The Labute approximate surface area is 264 Å². The van der Waals surface area contributed by atoms with E-state index in [0.29, 0.717) is 25.4 Å². The van der Waals surface area contributed by atoms with Crippen molar-refractivity contribution in [2.45, 2.75) is 48.7 Å². The Morgan fingerprint density at radius 2 is 1.49 bits per heavy atom. The summed E-state index contributed by atoms with van der Waals surface area (Å²) in [4.78, 5) is 0. The number of methoxy groups -OCH3 is 1. The zero-order chi connectivity index (χ0) is 29.8. The summed E-state index contributed by atoms with van der Waals surface area (Å²) in [6.07, 6.45) is 0.554. The number of nitrogens with two attached hydrogens (primary N) is 1. The second-order valence-corrected chi connectivity index (χ2v) is 14.8. The van der Waals surface area contributed by atoms with Gasteiger partial charge in [0, 0.05) is 0 Å². The van der Waals surface area contributed by atoms with E-state index in [-0.39, 0.29) is 33.0 Å². The van der Waals surface area contributed by atoms with E-state index < -0.39 is 49.5 Å². The molecular formula is C31H41I2NO7-2. The van der Waals surface area contributed by atoms with Crippen LogP contribution in [0.15, 0.2) is 60.7 Å². The van der Waals surface area contributed by atoms with Crippen molar-refractivity contribution in [3.8, 4) is 17.2 Å². The molecule has 6 N–H and O–H groups in total. The van der Waals surface area contributed by atoms with Gasteiger partial charge in [-0.1, -0.05) is 0 Å². The molecule has 228 valence electrons. The van der Waals surface area contributed by atoms with Crippen molar-refractivity contribution in [3.05, 3.63) is 88.5 Å². The number of aliphatic hydroxyl groups excluding tert-OH is 1. The van der Waals surface area contributed by atoms with Crippen LogP contribution in [0.1, 0.15) is 69.6 Å². The summed E-state index contributed by atoms with van der Waals surface area (Å²) in [6.45, 7) is 5.83. The zero-order valence-electron chi connectivity index (χ0n) is 23.7. The molecular weight excluding hydrogens is 752 g/mol. The van der Waals surface area contributed by atoms with Crippen LogP contribution in [0.4, 0.5) is 0 Å². The second kappa shape index (κ2) is 17.4. The van der Waals surface area contributed by atoms with Crippen LogP contribution in [0.25, 0.3) is 0 Å². The molecule has 3 aromatic rings. The minimum absolute atomic E-state index is 0.0104. The van der Waals surface area contributed by atoms with Crippen molar-refractivity contribution in [1.29, 1.82) is 0 Å². The molecule has 0 heterocycles. The Balaban J connectivity index is 1.58. The Hall–Kier alpha value is -1.68. The standard InChI is InChI=1S/C31H41I2NO7/c1-4-21(23-7-12-30(37)28(16-23)31(34)38)17-40-32-14-13-24(27-11-10-26(36)15-20(27)2)18-41-33-29(19-39-3)22-5-8-25(35)9-6-22/h5-12,15-16,21,24,29,31,35-38H,4,13-14,17-19,34H2,1-3H3/q-2. The van der Waals surface area contributed by atoms with E-state index in [0.717, 1.165) is 34.0 Å². The second-order valence-electron chi connectivity index (χ2n) is 9.85. The third-order valence-electron chi connectivity index (χ3n) is 6.91. The van der Waals surface area contributed by atoms with Crippen LogP contribution >= 0.6 is 0 Å². The van der Waals surface area contributed by atoms with E-state index in [9.17, 15) is 20.4 Å². The first kappa shape index (κ1) is 33.8. The fraction of sp³-hybridized carbons (Fsp3) is 0.419. The van der Waals surface area contributed by atoms with Crippen LogP contribution in [-0.2, 0) is 10.9 Å². The molecule has 0 spiro atoms. The molecule has 0 amide bonds. The fourth-order valence-electron chi connectivity index (χ4n) is 4.50. The molecule has 8 nitrogen and oxygen atoms in total. The van der Waals surface area contributed by atoms with Crippen LogP contribution < -0.4 is 49.0 Å². The molecule has 0 saturated heterocycles. The van der Waals surface area contributed by atoms with Gasteiger partial charge in [-0.05, 0) is 0 Å². The molecule has 3 aromatic carbocycles. The van der Waals surface area contributed by atoms with E-state index in [1.165, 1.54) is 5.56 Å². The van der Waals surface area contributed by atoms with E-state index in [2.05, 4.69) is 6.92 Å². The van der Waals surface area contributed by atoms with Crippen molar-refractivity contribution < 1.29 is 74.5 Å². The minimum atomic E-state index is -1.23. The van der Waals surface area contributed by atoms with Crippen LogP contribution in [-0.4, -0.2) is 51.8 Å². The van der Waals surface area contributed by atoms with Gasteiger partial charge < -0.3 is 0 Å². The number of ether oxygens (including phenoxy) is 1. The van der Waals surface area contributed by atoms with E-state index in [1.807, 2.05) is 31.2 Å². The summed E-state index contributed by atoms with van der Waals surface area (Å²) in [5, 5.41) is 39.3. The molecule has 0 saturated carbocycles. The molecule has 0 aromatic heterocycles. The summed E-state index contributed by atoms with van der Waals surface area (Å²) in [5.41, 5.74) is 10.2. The number of alkyl halides is 2. The van der Waals surface area contributed by atoms with Crippen LogP contribution in [0.2, 0.25) is 0 Å². The molecule has 0 aliphatic rings. The number of hydrogen-bond donors (Lipinski definition) is 5. The summed E-state index contributed by atoms with van der Waals surface area (Å²) in [7, 11) is 1.69. The Morgan fingerprint density at radius 1 is 0.805 bits per heavy atom. The third kappa shape index (κ3) is 10.5. The predicted molar refractivity (Wildman–Crippen MR) is 150 cm³/mol. The van der Waals surface area contributed by atoms with Gasteiger partial charge in [-0.15, -0.1) is 0 Å². The average Bonchev–Trinajstić information content (AvgIpc) is 2.94. The van der Waals surface area contributed by atoms with E-state index in [1.54, 1.807) is 43.5 Å². The number of halogens is 2. The molecule has 4 unspecified atom stereocenters. The van der Waals surface area contributed by atoms with Crippen molar-refractivity contribution in [3.63, 3.8) is 0 Å².